The maximum absolute atomic E-state index is 4.76. The molecule has 1 aromatic heterocycles. The van der Waals surface area contributed by atoms with E-state index in [1.807, 2.05) is 11.3 Å². The summed E-state index contributed by atoms with van der Waals surface area (Å²) in [4.78, 5) is 4.76. The van der Waals surface area contributed by atoms with Gasteiger partial charge >= 0.3 is 0 Å². The average Bonchev–Trinajstić information content (AvgIpc) is 2.78. The molecule has 1 heterocycles. The first-order chi connectivity index (χ1) is 8.47. The SMILES string of the molecule is CCCNC(CC)CCc1nc(C(C)(C)C)cs1. The van der Waals surface area contributed by atoms with Crippen LogP contribution in [0.5, 0.6) is 0 Å². The van der Waals surface area contributed by atoms with Gasteiger partial charge in [0.1, 0.15) is 0 Å². The summed E-state index contributed by atoms with van der Waals surface area (Å²) >= 11 is 1.81. The summed E-state index contributed by atoms with van der Waals surface area (Å²) < 4.78 is 0. The van der Waals surface area contributed by atoms with Crippen molar-refractivity contribution >= 4 is 11.3 Å². The van der Waals surface area contributed by atoms with Crippen molar-refractivity contribution in [1.82, 2.24) is 10.3 Å². The third kappa shape index (κ3) is 5.07. The Morgan fingerprint density at radius 2 is 2.06 bits per heavy atom. The molecule has 18 heavy (non-hydrogen) atoms. The minimum atomic E-state index is 0.180. The van der Waals surface area contributed by atoms with Gasteiger partial charge in [0.25, 0.3) is 0 Å². The first-order valence-corrected chi connectivity index (χ1v) is 8.03. The van der Waals surface area contributed by atoms with E-state index in [9.17, 15) is 0 Å². The predicted molar refractivity (Wildman–Crippen MR) is 81.5 cm³/mol. The second-order valence-corrected chi connectivity index (χ2v) is 6.92. The highest BCUT2D eigenvalue weighted by Gasteiger charge is 2.17. The molecule has 0 spiro atoms. The van der Waals surface area contributed by atoms with Gasteiger partial charge in [-0.3, -0.25) is 0 Å². The average molecular weight is 268 g/mol. The number of rotatable bonds is 7. The van der Waals surface area contributed by atoms with Crippen LogP contribution in [0.4, 0.5) is 0 Å². The lowest BCUT2D eigenvalue weighted by Gasteiger charge is -2.16. The second kappa shape index (κ2) is 7.25. The molecule has 0 fully saturated rings. The largest absolute Gasteiger partial charge is 0.314 e. The Balaban J connectivity index is 2.45. The quantitative estimate of drug-likeness (QED) is 0.803. The molecule has 3 heteroatoms. The topological polar surface area (TPSA) is 24.9 Å². The van der Waals surface area contributed by atoms with E-state index < -0.39 is 0 Å². The molecule has 1 atom stereocenters. The molecule has 0 bridgehead atoms. The molecule has 2 nitrogen and oxygen atoms in total. The third-order valence-electron chi connectivity index (χ3n) is 3.20. The summed E-state index contributed by atoms with van der Waals surface area (Å²) in [6.45, 7) is 12.3. The van der Waals surface area contributed by atoms with E-state index in [4.69, 9.17) is 4.98 Å². The van der Waals surface area contributed by atoms with Crippen molar-refractivity contribution in [1.29, 1.82) is 0 Å². The molecule has 1 aromatic rings. The van der Waals surface area contributed by atoms with Crippen molar-refractivity contribution in [3.05, 3.63) is 16.1 Å². The predicted octanol–water partition coefficient (Wildman–Crippen LogP) is 4.15. The monoisotopic (exact) mass is 268 g/mol. The fourth-order valence-corrected chi connectivity index (χ4v) is 2.91. The summed E-state index contributed by atoms with van der Waals surface area (Å²) in [6, 6.07) is 0.645. The normalized spacial score (nSPS) is 13.8. The van der Waals surface area contributed by atoms with Crippen LogP contribution in [-0.2, 0) is 11.8 Å². The molecule has 0 amide bonds. The van der Waals surface area contributed by atoms with E-state index in [-0.39, 0.29) is 5.41 Å². The number of nitrogens with zero attached hydrogens (tertiary/aromatic N) is 1. The molecule has 1 rings (SSSR count). The molecule has 1 unspecified atom stereocenters. The maximum Gasteiger partial charge on any atom is 0.0929 e. The van der Waals surface area contributed by atoms with Crippen LogP contribution in [0, 0.1) is 0 Å². The van der Waals surface area contributed by atoms with Gasteiger partial charge in [-0.25, -0.2) is 4.98 Å². The summed E-state index contributed by atoms with van der Waals surface area (Å²) in [6.07, 6.45) is 4.73. The molecule has 0 aliphatic rings. The number of aromatic nitrogens is 1. The van der Waals surface area contributed by atoms with E-state index in [2.05, 4.69) is 45.3 Å². The number of nitrogens with one attached hydrogen (secondary N) is 1. The van der Waals surface area contributed by atoms with Crippen LogP contribution < -0.4 is 5.32 Å². The fraction of sp³-hybridized carbons (Fsp3) is 0.800. The van der Waals surface area contributed by atoms with Gasteiger partial charge in [-0.1, -0.05) is 34.6 Å². The Hall–Kier alpha value is -0.410. The van der Waals surface area contributed by atoms with Gasteiger partial charge in [-0.15, -0.1) is 11.3 Å². The highest BCUT2D eigenvalue weighted by atomic mass is 32.1. The third-order valence-corrected chi connectivity index (χ3v) is 4.11. The van der Waals surface area contributed by atoms with Crippen LogP contribution in [0.25, 0.3) is 0 Å². The van der Waals surface area contributed by atoms with Crippen molar-refractivity contribution in [3.63, 3.8) is 0 Å². The number of aryl methyl sites for hydroxylation is 1. The molecule has 0 aliphatic carbocycles. The number of hydrogen-bond acceptors (Lipinski definition) is 3. The minimum Gasteiger partial charge on any atom is -0.314 e. The van der Waals surface area contributed by atoms with Gasteiger partial charge in [0.2, 0.25) is 0 Å². The highest BCUT2D eigenvalue weighted by molar-refractivity contribution is 7.09. The summed E-state index contributed by atoms with van der Waals surface area (Å²) in [5.41, 5.74) is 1.41. The van der Waals surface area contributed by atoms with Crippen LogP contribution >= 0.6 is 11.3 Å². The number of thiazole rings is 1. The number of hydrogen-bond donors (Lipinski definition) is 1. The molecular formula is C15H28N2S. The lowest BCUT2D eigenvalue weighted by molar-refractivity contribution is 0.467. The Labute approximate surface area is 116 Å². The second-order valence-electron chi connectivity index (χ2n) is 5.97. The van der Waals surface area contributed by atoms with E-state index in [1.54, 1.807) is 0 Å². The summed E-state index contributed by atoms with van der Waals surface area (Å²) in [7, 11) is 0. The van der Waals surface area contributed by atoms with Gasteiger partial charge in [-0.05, 0) is 25.8 Å². The van der Waals surface area contributed by atoms with Crippen molar-refractivity contribution in [2.75, 3.05) is 6.54 Å². The first-order valence-electron chi connectivity index (χ1n) is 7.15. The Kier molecular flexibility index (Phi) is 6.30. The van der Waals surface area contributed by atoms with Crippen LogP contribution in [0.15, 0.2) is 5.38 Å². The van der Waals surface area contributed by atoms with Gasteiger partial charge in [-0.2, -0.15) is 0 Å². The Morgan fingerprint density at radius 3 is 2.56 bits per heavy atom. The van der Waals surface area contributed by atoms with Crippen molar-refractivity contribution in [2.24, 2.45) is 0 Å². The summed E-state index contributed by atoms with van der Waals surface area (Å²) in [5, 5.41) is 7.11. The molecule has 0 saturated carbocycles. The summed E-state index contributed by atoms with van der Waals surface area (Å²) in [5.74, 6) is 0. The van der Waals surface area contributed by atoms with E-state index >= 15 is 0 Å². The van der Waals surface area contributed by atoms with E-state index in [0.29, 0.717) is 6.04 Å². The Bertz CT molecular complexity index is 339. The van der Waals surface area contributed by atoms with Crippen molar-refractivity contribution in [3.8, 4) is 0 Å². The van der Waals surface area contributed by atoms with Gasteiger partial charge < -0.3 is 5.32 Å². The van der Waals surface area contributed by atoms with E-state index in [1.165, 1.54) is 30.0 Å². The van der Waals surface area contributed by atoms with Gasteiger partial charge in [0, 0.05) is 23.3 Å². The molecule has 0 saturated heterocycles. The van der Waals surface area contributed by atoms with E-state index in [0.717, 1.165) is 13.0 Å². The molecule has 0 aliphatic heterocycles. The molecule has 0 aromatic carbocycles. The minimum absolute atomic E-state index is 0.180. The smallest absolute Gasteiger partial charge is 0.0929 e. The molecular weight excluding hydrogens is 240 g/mol. The van der Waals surface area contributed by atoms with Gasteiger partial charge in [0.05, 0.1) is 10.7 Å². The molecule has 0 radical (unpaired) electrons. The molecule has 1 N–H and O–H groups in total. The lowest BCUT2D eigenvalue weighted by Crippen LogP contribution is -2.29. The van der Waals surface area contributed by atoms with Crippen LogP contribution in [0.2, 0.25) is 0 Å². The van der Waals surface area contributed by atoms with Gasteiger partial charge in [0.15, 0.2) is 0 Å². The first kappa shape index (κ1) is 15.6. The van der Waals surface area contributed by atoms with Crippen LogP contribution in [0.1, 0.15) is 64.6 Å². The fourth-order valence-electron chi connectivity index (χ4n) is 1.87. The van der Waals surface area contributed by atoms with Crippen LogP contribution in [-0.4, -0.2) is 17.6 Å². The van der Waals surface area contributed by atoms with Crippen LogP contribution in [0.3, 0.4) is 0 Å². The van der Waals surface area contributed by atoms with Crippen molar-refractivity contribution in [2.45, 2.75) is 71.8 Å². The zero-order valence-corrected chi connectivity index (χ0v) is 13.4. The molecule has 104 valence electrons. The Morgan fingerprint density at radius 1 is 1.33 bits per heavy atom. The lowest BCUT2D eigenvalue weighted by atomic mass is 9.93. The maximum atomic E-state index is 4.76. The standard InChI is InChI=1S/C15H28N2S/c1-6-10-16-12(7-2)8-9-14-17-13(11-18-14)15(3,4)5/h11-12,16H,6-10H2,1-5H3. The van der Waals surface area contributed by atoms with Crippen molar-refractivity contribution < 1.29 is 0 Å². The zero-order chi connectivity index (χ0) is 13.6. The zero-order valence-electron chi connectivity index (χ0n) is 12.5. The highest BCUT2D eigenvalue weighted by Crippen LogP contribution is 2.24.